The lowest BCUT2D eigenvalue weighted by molar-refractivity contribution is 0.0859. The van der Waals surface area contributed by atoms with Crippen LogP contribution in [0.4, 0.5) is 0 Å². The Hall–Kier alpha value is -1.43. The lowest BCUT2D eigenvalue weighted by Crippen LogP contribution is -2.46. The minimum atomic E-state index is -0.655. The monoisotopic (exact) mass is 224 g/mol. The van der Waals surface area contributed by atoms with Crippen LogP contribution in [0.15, 0.2) is 0 Å². The first-order valence-electron chi connectivity index (χ1n) is 5.37. The molecule has 6 nitrogen and oxygen atoms in total. The summed E-state index contributed by atoms with van der Waals surface area (Å²) < 4.78 is 0. The summed E-state index contributed by atoms with van der Waals surface area (Å²) in [6.45, 7) is 3.34. The highest BCUT2D eigenvalue weighted by molar-refractivity contribution is 5.90. The van der Waals surface area contributed by atoms with Crippen LogP contribution in [0.5, 0.6) is 0 Å². The molecule has 0 aliphatic heterocycles. The molecule has 1 saturated carbocycles. The molecule has 1 fully saturated rings. The first-order chi connectivity index (χ1) is 7.52. The van der Waals surface area contributed by atoms with E-state index in [2.05, 4.69) is 20.5 Å². The number of aromatic amines is 1. The van der Waals surface area contributed by atoms with Crippen molar-refractivity contribution in [3.05, 3.63) is 11.6 Å². The van der Waals surface area contributed by atoms with Gasteiger partial charge < -0.3 is 10.4 Å². The van der Waals surface area contributed by atoms with E-state index < -0.39 is 5.54 Å². The minimum absolute atomic E-state index is 0.126. The fraction of sp³-hybridized carbons (Fsp3) is 0.700. The quantitative estimate of drug-likeness (QED) is 0.680. The van der Waals surface area contributed by atoms with Crippen molar-refractivity contribution in [2.45, 2.75) is 38.1 Å². The molecule has 1 heterocycles. The third-order valence-electron chi connectivity index (χ3n) is 2.52. The molecular weight excluding hydrogens is 208 g/mol. The number of aromatic nitrogens is 3. The predicted molar refractivity (Wildman–Crippen MR) is 57.0 cm³/mol. The number of nitrogens with zero attached hydrogens (tertiary/aromatic N) is 2. The van der Waals surface area contributed by atoms with Gasteiger partial charge in [0, 0.05) is 5.92 Å². The van der Waals surface area contributed by atoms with Crippen molar-refractivity contribution in [1.29, 1.82) is 0 Å². The third kappa shape index (κ3) is 2.38. The number of H-pyrrole nitrogens is 1. The van der Waals surface area contributed by atoms with Gasteiger partial charge in [-0.2, -0.15) is 0 Å². The number of hydrogen-bond acceptors (Lipinski definition) is 4. The molecule has 88 valence electrons. The standard InChI is InChI=1S/C10H16N4O2/c1-10(2,5-15)12-9(16)8-11-7(13-14-8)6-3-4-6/h6,15H,3-5H2,1-2H3,(H,12,16)(H,11,13,14). The van der Waals surface area contributed by atoms with Crippen molar-refractivity contribution >= 4 is 5.91 Å². The van der Waals surface area contributed by atoms with Crippen molar-refractivity contribution in [3.8, 4) is 0 Å². The maximum Gasteiger partial charge on any atom is 0.291 e. The summed E-state index contributed by atoms with van der Waals surface area (Å²) in [5, 5.41) is 18.3. The molecule has 1 aromatic rings. The summed E-state index contributed by atoms with van der Waals surface area (Å²) in [7, 11) is 0. The van der Waals surface area contributed by atoms with E-state index in [9.17, 15) is 4.79 Å². The number of aliphatic hydroxyl groups excluding tert-OH is 1. The van der Waals surface area contributed by atoms with Crippen LogP contribution in [0.2, 0.25) is 0 Å². The number of amides is 1. The van der Waals surface area contributed by atoms with E-state index in [1.165, 1.54) is 0 Å². The molecule has 0 bridgehead atoms. The maximum atomic E-state index is 11.7. The third-order valence-corrected chi connectivity index (χ3v) is 2.52. The van der Waals surface area contributed by atoms with Gasteiger partial charge in [0.15, 0.2) is 0 Å². The molecule has 0 spiro atoms. The molecule has 1 aromatic heterocycles. The number of nitrogens with one attached hydrogen (secondary N) is 2. The number of carbonyl (C=O) groups excluding carboxylic acids is 1. The Morgan fingerprint density at radius 1 is 1.62 bits per heavy atom. The van der Waals surface area contributed by atoms with Crippen LogP contribution >= 0.6 is 0 Å². The van der Waals surface area contributed by atoms with Crippen molar-refractivity contribution < 1.29 is 9.90 Å². The average Bonchev–Trinajstić information content (AvgIpc) is 2.96. The highest BCUT2D eigenvalue weighted by atomic mass is 16.3. The van der Waals surface area contributed by atoms with Crippen molar-refractivity contribution in [1.82, 2.24) is 20.5 Å². The Morgan fingerprint density at radius 3 is 2.88 bits per heavy atom. The fourth-order valence-corrected chi connectivity index (χ4v) is 1.32. The summed E-state index contributed by atoms with van der Waals surface area (Å²) in [6, 6.07) is 0. The number of rotatable bonds is 4. The van der Waals surface area contributed by atoms with Gasteiger partial charge in [-0.1, -0.05) is 0 Å². The summed E-state index contributed by atoms with van der Waals surface area (Å²) in [5.41, 5.74) is -0.655. The topological polar surface area (TPSA) is 90.9 Å². The van der Waals surface area contributed by atoms with Crippen molar-refractivity contribution in [2.75, 3.05) is 6.61 Å². The molecule has 2 rings (SSSR count). The molecule has 6 heteroatoms. The summed E-state index contributed by atoms with van der Waals surface area (Å²) >= 11 is 0. The Balaban J connectivity index is 2.02. The van der Waals surface area contributed by atoms with Gasteiger partial charge in [0.05, 0.1) is 12.1 Å². The van der Waals surface area contributed by atoms with Gasteiger partial charge in [0.25, 0.3) is 5.91 Å². The van der Waals surface area contributed by atoms with E-state index >= 15 is 0 Å². The Labute approximate surface area is 93.5 Å². The summed E-state index contributed by atoms with van der Waals surface area (Å²) in [5.74, 6) is 1.01. The molecule has 0 aromatic carbocycles. The van der Waals surface area contributed by atoms with E-state index in [-0.39, 0.29) is 18.3 Å². The zero-order valence-corrected chi connectivity index (χ0v) is 9.45. The normalized spacial score (nSPS) is 16.2. The second-order valence-electron chi connectivity index (χ2n) is 4.81. The molecular formula is C10H16N4O2. The van der Waals surface area contributed by atoms with Crippen LogP contribution < -0.4 is 5.32 Å². The molecule has 1 aliphatic rings. The Bertz CT molecular complexity index is 395. The smallest absolute Gasteiger partial charge is 0.291 e. The highest BCUT2D eigenvalue weighted by Gasteiger charge is 2.29. The zero-order valence-electron chi connectivity index (χ0n) is 9.45. The van der Waals surface area contributed by atoms with Crippen LogP contribution in [-0.4, -0.2) is 38.3 Å². The lowest BCUT2D eigenvalue weighted by atomic mass is 10.1. The number of carbonyl (C=O) groups is 1. The van der Waals surface area contributed by atoms with E-state index in [1.54, 1.807) is 13.8 Å². The fourth-order valence-electron chi connectivity index (χ4n) is 1.32. The van der Waals surface area contributed by atoms with Crippen molar-refractivity contribution in [2.24, 2.45) is 0 Å². The first-order valence-corrected chi connectivity index (χ1v) is 5.37. The molecule has 1 aliphatic carbocycles. The maximum absolute atomic E-state index is 11.7. The van der Waals surface area contributed by atoms with Gasteiger partial charge in [-0.25, -0.2) is 4.98 Å². The van der Waals surface area contributed by atoms with Gasteiger partial charge in [0.2, 0.25) is 5.82 Å². The van der Waals surface area contributed by atoms with E-state index in [4.69, 9.17) is 5.11 Å². The van der Waals surface area contributed by atoms with Gasteiger partial charge in [-0.05, 0) is 26.7 Å². The minimum Gasteiger partial charge on any atom is -0.394 e. The highest BCUT2D eigenvalue weighted by Crippen LogP contribution is 2.37. The van der Waals surface area contributed by atoms with Crippen LogP contribution in [0.25, 0.3) is 0 Å². The number of aliphatic hydroxyl groups is 1. The molecule has 0 radical (unpaired) electrons. The van der Waals surface area contributed by atoms with Crippen LogP contribution in [0, 0.1) is 0 Å². The molecule has 0 unspecified atom stereocenters. The van der Waals surface area contributed by atoms with Gasteiger partial charge in [0.1, 0.15) is 5.82 Å². The van der Waals surface area contributed by atoms with Gasteiger partial charge in [-0.3, -0.25) is 9.89 Å². The van der Waals surface area contributed by atoms with Crippen LogP contribution in [-0.2, 0) is 0 Å². The average molecular weight is 224 g/mol. The van der Waals surface area contributed by atoms with Crippen LogP contribution in [0.1, 0.15) is 49.1 Å². The van der Waals surface area contributed by atoms with Crippen molar-refractivity contribution in [3.63, 3.8) is 0 Å². The second-order valence-corrected chi connectivity index (χ2v) is 4.81. The van der Waals surface area contributed by atoms with E-state index in [0.717, 1.165) is 18.7 Å². The molecule has 0 atom stereocenters. The Morgan fingerprint density at radius 2 is 2.31 bits per heavy atom. The molecule has 1 amide bonds. The lowest BCUT2D eigenvalue weighted by Gasteiger charge is -2.22. The summed E-state index contributed by atoms with van der Waals surface area (Å²) in [6.07, 6.45) is 2.22. The molecule has 3 N–H and O–H groups in total. The largest absolute Gasteiger partial charge is 0.394 e. The predicted octanol–water partition coefficient (Wildman–Crippen LogP) is 0.183. The van der Waals surface area contributed by atoms with Gasteiger partial charge >= 0.3 is 0 Å². The van der Waals surface area contributed by atoms with E-state index in [1.807, 2.05) is 0 Å². The second kappa shape index (κ2) is 3.86. The van der Waals surface area contributed by atoms with Gasteiger partial charge in [-0.15, -0.1) is 5.10 Å². The molecule has 16 heavy (non-hydrogen) atoms. The Kier molecular flexibility index (Phi) is 2.67. The SMILES string of the molecule is CC(C)(CO)NC(=O)c1n[nH]c(C2CC2)n1. The zero-order chi connectivity index (χ0) is 11.8. The van der Waals surface area contributed by atoms with E-state index in [0.29, 0.717) is 5.92 Å². The number of hydrogen-bond donors (Lipinski definition) is 3. The summed E-state index contributed by atoms with van der Waals surface area (Å²) in [4.78, 5) is 15.8. The molecule has 0 saturated heterocycles. The first kappa shape index (κ1) is 11.1. The van der Waals surface area contributed by atoms with Crippen LogP contribution in [0.3, 0.4) is 0 Å².